The average molecular weight is 174 g/mol. The van der Waals surface area contributed by atoms with Gasteiger partial charge in [-0.1, -0.05) is 17.3 Å². The van der Waals surface area contributed by atoms with Crippen LogP contribution >= 0.6 is 0 Å². The van der Waals surface area contributed by atoms with Crippen molar-refractivity contribution in [3.63, 3.8) is 0 Å². The second-order valence-electron chi connectivity index (χ2n) is 2.52. The van der Waals surface area contributed by atoms with Crippen molar-refractivity contribution in [2.75, 3.05) is 6.54 Å². The lowest BCUT2D eigenvalue weighted by Gasteiger charge is -1.95. The zero-order valence-electron chi connectivity index (χ0n) is 7.38. The molecule has 0 N–H and O–H groups in total. The molecule has 1 aromatic heterocycles. The molecule has 0 aliphatic heterocycles. The number of hydrogen-bond acceptors (Lipinski definition) is 2. The summed E-state index contributed by atoms with van der Waals surface area (Å²) in [6.07, 6.45) is 5.37. The van der Waals surface area contributed by atoms with Crippen molar-refractivity contribution in [3.05, 3.63) is 46.1 Å². The molecule has 0 aromatic carbocycles. The molecule has 0 spiro atoms. The second-order valence-corrected chi connectivity index (χ2v) is 2.52. The van der Waals surface area contributed by atoms with E-state index in [0.29, 0.717) is 6.54 Å². The smallest absolute Gasteiger partial charge is 0.0655 e. The summed E-state index contributed by atoms with van der Waals surface area (Å²) in [4.78, 5) is 6.80. The van der Waals surface area contributed by atoms with Gasteiger partial charge in [0.05, 0.1) is 5.69 Å². The molecule has 0 saturated heterocycles. The summed E-state index contributed by atoms with van der Waals surface area (Å²) < 4.78 is 0. The van der Waals surface area contributed by atoms with Gasteiger partial charge in [-0.15, -0.1) is 0 Å². The van der Waals surface area contributed by atoms with Crippen LogP contribution in [0, 0.1) is 6.92 Å². The quantitative estimate of drug-likeness (QED) is 0.394. The SMILES string of the molecule is Cc1cccnc1C=CCN=[N+]=[N-]. The highest BCUT2D eigenvalue weighted by Gasteiger charge is 1.90. The van der Waals surface area contributed by atoms with Gasteiger partial charge in [-0.2, -0.15) is 0 Å². The van der Waals surface area contributed by atoms with Crippen molar-refractivity contribution in [1.29, 1.82) is 0 Å². The van der Waals surface area contributed by atoms with Crippen molar-refractivity contribution < 1.29 is 0 Å². The first kappa shape index (κ1) is 9.29. The van der Waals surface area contributed by atoms with Crippen LogP contribution in [0.2, 0.25) is 0 Å². The molecule has 4 nitrogen and oxygen atoms in total. The fraction of sp³-hybridized carbons (Fsp3) is 0.222. The Hall–Kier alpha value is -1.80. The van der Waals surface area contributed by atoms with E-state index in [4.69, 9.17) is 5.53 Å². The first-order chi connectivity index (χ1) is 6.34. The van der Waals surface area contributed by atoms with E-state index in [2.05, 4.69) is 15.0 Å². The normalized spacial score (nSPS) is 9.92. The number of aromatic nitrogens is 1. The molecule has 0 saturated carbocycles. The molecule has 13 heavy (non-hydrogen) atoms. The fourth-order valence-electron chi connectivity index (χ4n) is 0.920. The molecule has 0 aliphatic rings. The topological polar surface area (TPSA) is 61.7 Å². The highest BCUT2D eigenvalue weighted by molar-refractivity contribution is 5.48. The molecule has 0 amide bonds. The lowest BCUT2D eigenvalue weighted by molar-refractivity contribution is 1.20. The number of nitrogens with zero attached hydrogens (tertiary/aromatic N) is 4. The molecule has 0 bridgehead atoms. The Bertz CT molecular complexity index is 350. The summed E-state index contributed by atoms with van der Waals surface area (Å²) >= 11 is 0. The minimum atomic E-state index is 0.368. The Labute approximate surface area is 76.6 Å². The Morgan fingerprint density at radius 1 is 1.69 bits per heavy atom. The van der Waals surface area contributed by atoms with Crippen molar-refractivity contribution in [2.24, 2.45) is 5.11 Å². The predicted octanol–water partition coefficient (Wildman–Crippen LogP) is 2.71. The number of rotatable bonds is 3. The summed E-state index contributed by atoms with van der Waals surface area (Å²) in [6, 6.07) is 3.88. The van der Waals surface area contributed by atoms with Gasteiger partial charge in [-0.25, -0.2) is 0 Å². The van der Waals surface area contributed by atoms with Crippen LogP contribution in [-0.4, -0.2) is 11.5 Å². The fourth-order valence-corrected chi connectivity index (χ4v) is 0.920. The molecule has 4 heteroatoms. The Morgan fingerprint density at radius 2 is 2.54 bits per heavy atom. The third kappa shape index (κ3) is 2.97. The standard InChI is InChI=1S/C9H10N4/c1-8-4-2-6-11-9(8)5-3-7-12-13-10/h2-6H,7H2,1H3. The highest BCUT2D eigenvalue weighted by atomic mass is 15.1. The number of azide groups is 1. The molecule has 0 unspecified atom stereocenters. The predicted molar refractivity (Wildman–Crippen MR) is 52.0 cm³/mol. The van der Waals surface area contributed by atoms with Crippen molar-refractivity contribution in [3.8, 4) is 0 Å². The largest absolute Gasteiger partial charge is 0.257 e. The molecular formula is C9H10N4. The van der Waals surface area contributed by atoms with Crippen LogP contribution in [0.15, 0.2) is 29.5 Å². The van der Waals surface area contributed by atoms with Crippen molar-refractivity contribution >= 4 is 6.08 Å². The summed E-state index contributed by atoms with van der Waals surface area (Å²) in [5.41, 5.74) is 10.1. The van der Waals surface area contributed by atoms with Crippen LogP contribution in [0.3, 0.4) is 0 Å². The Kier molecular flexibility index (Phi) is 3.54. The van der Waals surface area contributed by atoms with Crippen molar-refractivity contribution in [1.82, 2.24) is 4.98 Å². The number of hydrogen-bond donors (Lipinski definition) is 0. The van der Waals surface area contributed by atoms with Crippen LogP contribution in [0.4, 0.5) is 0 Å². The maximum absolute atomic E-state index is 8.03. The maximum atomic E-state index is 8.03. The molecule has 0 atom stereocenters. The van der Waals surface area contributed by atoms with Crippen LogP contribution in [-0.2, 0) is 0 Å². The molecule has 0 aliphatic carbocycles. The van der Waals surface area contributed by atoms with E-state index in [9.17, 15) is 0 Å². The first-order valence-corrected chi connectivity index (χ1v) is 3.93. The van der Waals surface area contributed by atoms with Gasteiger partial charge in [0.25, 0.3) is 0 Å². The zero-order valence-corrected chi connectivity index (χ0v) is 7.38. The molecular weight excluding hydrogens is 164 g/mol. The van der Waals surface area contributed by atoms with Crippen LogP contribution < -0.4 is 0 Å². The van der Waals surface area contributed by atoms with Gasteiger partial charge in [0.2, 0.25) is 0 Å². The van der Waals surface area contributed by atoms with Crippen LogP contribution in [0.5, 0.6) is 0 Å². The highest BCUT2D eigenvalue weighted by Crippen LogP contribution is 2.04. The van der Waals surface area contributed by atoms with E-state index in [-0.39, 0.29) is 0 Å². The zero-order chi connectivity index (χ0) is 9.52. The Balaban J connectivity index is 2.68. The van der Waals surface area contributed by atoms with Gasteiger partial charge in [0, 0.05) is 17.7 Å². The second kappa shape index (κ2) is 4.95. The third-order valence-corrected chi connectivity index (χ3v) is 1.58. The molecule has 1 heterocycles. The number of pyridine rings is 1. The minimum absolute atomic E-state index is 0.368. The summed E-state index contributed by atoms with van der Waals surface area (Å²) in [5, 5.41) is 3.38. The molecule has 0 radical (unpaired) electrons. The van der Waals surface area contributed by atoms with E-state index in [1.165, 1.54) is 0 Å². The van der Waals surface area contributed by atoms with Gasteiger partial charge in [0.1, 0.15) is 0 Å². The molecule has 0 fully saturated rings. The van der Waals surface area contributed by atoms with Crippen molar-refractivity contribution in [2.45, 2.75) is 6.92 Å². The maximum Gasteiger partial charge on any atom is 0.0655 e. The molecule has 1 rings (SSSR count). The van der Waals surface area contributed by atoms with E-state index >= 15 is 0 Å². The average Bonchev–Trinajstić information content (AvgIpc) is 2.15. The molecule has 66 valence electrons. The summed E-state index contributed by atoms with van der Waals surface area (Å²) in [7, 11) is 0. The number of aryl methyl sites for hydroxylation is 1. The van der Waals surface area contributed by atoms with Gasteiger partial charge >= 0.3 is 0 Å². The van der Waals surface area contributed by atoms with Gasteiger partial charge < -0.3 is 0 Å². The van der Waals surface area contributed by atoms with E-state index in [1.54, 1.807) is 12.3 Å². The Morgan fingerprint density at radius 3 is 3.23 bits per heavy atom. The first-order valence-electron chi connectivity index (χ1n) is 3.93. The summed E-state index contributed by atoms with van der Waals surface area (Å²) in [5.74, 6) is 0. The lowest BCUT2D eigenvalue weighted by atomic mass is 10.2. The van der Waals surface area contributed by atoms with Crippen LogP contribution in [0.25, 0.3) is 16.5 Å². The van der Waals surface area contributed by atoms with Crippen LogP contribution in [0.1, 0.15) is 11.3 Å². The van der Waals surface area contributed by atoms with E-state index in [0.717, 1.165) is 11.3 Å². The third-order valence-electron chi connectivity index (χ3n) is 1.58. The van der Waals surface area contributed by atoms with Gasteiger partial charge in [-0.3, -0.25) is 4.98 Å². The summed E-state index contributed by atoms with van der Waals surface area (Å²) in [6.45, 7) is 2.35. The monoisotopic (exact) mass is 174 g/mol. The molecule has 1 aromatic rings. The van der Waals surface area contributed by atoms with E-state index < -0.39 is 0 Å². The minimum Gasteiger partial charge on any atom is -0.257 e. The van der Waals surface area contributed by atoms with E-state index in [1.807, 2.05) is 25.1 Å². The van der Waals surface area contributed by atoms with Gasteiger partial charge in [0.15, 0.2) is 0 Å². The lowest BCUT2D eigenvalue weighted by Crippen LogP contribution is -1.84. The van der Waals surface area contributed by atoms with Gasteiger partial charge in [-0.05, 0) is 30.2 Å².